The molecular weight excluding hydrogens is 513 g/mol. The highest BCUT2D eigenvalue weighted by Gasteiger charge is 2.23. The van der Waals surface area contributed by atoms with Gasteiger partial charge in [-0.3, -0.25) is 4.79 Å². The second-order valence-corrected chi connectivity index (χ2v) is 9.87. The van der Waals surface area contributed by atoms with Crippen LogP contribution in [0.3, 0.4) is 0 Å². The number of carbonyl (C=O) groups is 1. The quantitative estimate of drug-likeness (QED) is 0.339. The third kappa shape index (κ3) is 5.87. The van der Waals surface area contributed by atoms with Crippen LogP contribution < -0.4 is 10.5 Å². The number of nitrogens with one attached hydrogen (secondary N) is 1. The number of nitrogens with two attached hydrogens (primary N) is 1. The predicted molar refractivity (Wildman–Crippen MR) is 126 cm³/mol. The molecule has 6 nitrogen and oxygen atoms in total. The zero-order valence-electron chi connectivity index (χ0n) is 16.4. The molecule has 1 atom stereocenters. The Morgan fingerprint density at radius 3 is 2.33 bits per heavy atom. The molecule has 0 bridgehead atoms. The van der Waals surface area contributed by atoms with Gasteiger partial charge in [0, 0.05) is 14.8 Å². The van der Waals surface area contributed by atoms with E-state index in [1.807, 2.05) is 24.3 Å². The van der Waals surface area contributed by atoms with E-state index in [0.717, 1.165) is 27.7 Å². The largest absolute Gasteiger partial charge is 0.384 e. The lowest BCUT2D eigenvalue weighted by molar-refractivity contribution is 0.0961. The third-order valence-electron chi connectivity index (χ3n) is 4.59. The highest BCUT2D eigenvalue weighted by Crippen LogP contribution is 2.15. The molecule has 0 aliphatic rings. The number of aryl methyl sites for hydroxylation is 2. The molecule has 3 N–H and O–H groups in total. The van der Waals surface area contributed by atoms with Crippen LogP contribution in [0.1, 0.15) is 28.5 Å². The van der Waals surface area contributed by atoms with E-state index >= 15 is 0 Å². The maximum Gasteiger partial charge on any atom is 0.241 e. The molecule has 0 amide bonds. The number of pyridine rings is 1. The summed E-state index contributed by atoms with van der Waals surface area (Å²) >= 11 is 2.10. The number of hydrogen-bond acceptors (Lipinski definition) is 5. The molecule has 0 aliphatic carbocycles. The SMILES string of the molecule is C[C@H](NS(=O)(=O)c1ccc(I)cc1)C(=O)c1ccc(CCc2cccc(N)n2)cc1. The van der Waals surface area contributed by atoms with E-state index in [1.165, 1.54) is 12.1 Å². The van der Waals surface area contributed by atoms with Gasteiger partial charge in [0.2, 0.25) is 10.0 Å². The molecule has 0 saturated heterocycles. The van der Waals surface area contributed by atoms with Crippen LogP contribution in [0.4, 0.5) is 5.82 Å². The summed E-state index contributed by atoms with van der Waals surface area (Å²) in [5.41, 5.74) is 8.12. The van der Waals surface area contributed by atoms with Gasteiger partial charge in [-0.1, -0.05) is 30.3 Å². The Balaban J connectivity index is 1.62. The molecule has 3 rings (SSSR count). The van der Waals surface area contributed by atoms with Crippen molar-refractivity contribution < 1.29 is 13.2 Å². The van der Waals surface area contributed by atoms with E-state index in [-0.39, 0.29) is 10.7 Å². The number of rotatable bonds is 8. The van der Waals surface area contributed by atoms with Crippen LogP contribution in [0.15, 0.2) is 71.6 Å². The smallest absolute Gasteiger partial charge is 0.241 e. The van der Waals surface area contributed by atoms with Crippen molar-refractivity contribution in [1.29, 1.82) is 0 Å². The van der Waals surface area contributed by atoms with Crippen LogP contribution in [0.2, 0.25) is 0 Å². The summed E-state index contributed by atoms with van der Waals surface area (Å²) in [6.45, 7) is 1.55. The number of sulfonamides is 1. The van der Waals surface area contributed by atoms with E-state index in [0.29, 0.717) is 11.4 Å². The number of carbonyl (C=O) groups excluding carboxylic acids is 1. The number of hydrogen-bond donors (Lipinski definition) is 2. The molecule has 0 unspecified atom stereocenters. The van der Waals surface area contributed by atoms with E-state index in [2.05, 4.69) is 32.3 Å². The number of ketones is 1. The molecule has 1 heterocycles. The second-order valence-electron chi connectivity index (χ2n) is 6.91. The van der Waals surface area contributed by atoms with Crippen molar-refractivity contribution in [3.63, 3.8) is 0 Å². The maximum absolute atomic E-state index is 12.7. The summed E-state index contributed by atoms with van der Waals surface area (Å²) < 4.78 is 28.4. The first-order chi connectivity index (χ1) is 14.2. The van der Waals surface area contributed by atoms with Gasteiger partial charge in [-0.2, -0.15) is 0 Å². The van der Waals surface area contributed by atoms with Gasteiger partial charge >= 0.3 is 0 Å². The van der Waals surface area contributed by atoms with E-state index in [9.17, 15) is 13.2 Å². The summed E-state index contributed by atoms with van der Waals surface area (Å²) in [7, 11) is -3.77. The monoisotopic (exact) mass is 535 g/mol. The molecule has 2 aromatic carbocycles. The number of aromatic nitrogens is 1. The van der Waals surface area contributed by atoms with Crippen molar-refractivity contribution in [2.24, 2.45) is 0 Å². The first-order valence-corrected chi connectivity index (χ1v) is 11.9. The summed E-state index contributed by atoms with van der Waals surface area (Å²) in [5.74, 6) is 0.211. The van der Waals surface area contributed by atoms with Crippen molar-refractivity contribution in [1.82, 2.24) is 9.71 Å². The fourth-order valence-electron chi connectivity index (χ4n) is 2.96. The first kappa shape index (κ1) is 22.4. The van der Waals surface area contributed by atoms with Crippen molar-refractivity contribution >= 4 is 44.2 Å². The fourth-order valence-corrected chi connectivity index (χ4v) is 4.53. The number of nitrogen functional groups attached to an aromatic ring is 1. The zero-order chi connectivity index (χ0) is 21.7. The summed E-state index contributed by atoms with van der Waals surface area (Å²) in [6.07, 6.45) is 1.50. The van der Waals surface area contributed by atoms with Gasteiger partial charge in [-0.25, -0.2) is 18.1 Å². The standard InChI is InChI=1S/C22H22IN3O3S/c1-15(26-30(28,29)20-13-10-18(23)11-14-20)22(27)17-8-5-16(6-9-17)7-12-19-3-2-4-21(24)25-19/h2-6,8-11,13-15,26H,7,12H2,1H3,(H2,24,25)/t15-/m0/s1. The summed E-state index contributed by atoms with van der Waals surface area (Å²) in [4.78, 5) is 17.1. The normalized spacial score (nSPS) is 12.5. The van der Waals surface area contributed by atoms with Crippen LogP contribution in [0.5, 0.6) is 0 Å². The molecule has 30 heavy (non-hydrogen) atoms. The Morgan fingerprint density at radius 1 is 1.03 bits per heavy atom. The molecule has 8 heteroatoms. The molecule has 156 valence electrons. The Labute approximate surface area is 190 Å². The highest BCUT2D eigenvalue weighted by molar-refractivity contribution is 14.1. The van der Waals surface area contributed by atoms with Crippen LogP contribution in [0, 0.1) is 3.57 Å². The van der Waals surface area contributed by atoms with Gasteiger partial charge in [-0.05, 0) is 84.3 Å². The van der Waals surface area contributed by atoms with Crippen molar-refractivity contribution in [3.05, 3.63) is 87.1 Å². The van der Waals surface area contributed by atoms with Gasteiger partial charge in [-0.15, -0.1) is 0 Å². The number of benzene rings is 2. The molecule has 0 fully saturated rings. The first-order valence-electron chi connectivity index (χ1n) is 9.37. The summed E-state index contributed by atoms with van der Waals surface area (Å²) in [6, 6.07) is 18.3. The fraction of sp³-hybridized carbons (Fsp3) is 0.182. The lowest BCUT2D eigenvalue weighted by atomic mass is 10.0. The lowest BCUT2D eigenvalue weighted by Crippen LogP contribution is -2.38. The number of Topliss-reactive ketones (excluding diaryl/α,β-unsaturated/α-hetero) is 1. The van der Waals surface area contributed by atoms with Crippen molar-refractivity contribution in [2.45, 2.75) is 30.7 Å². The molecular formula is C22H22IN3O3S. The minimum absolute atomic E-state index is 0.132. The van der Waals surface area contributed by atoms with Crippen LogP contribution in [-0.2, 0) is 22.9 Å². The highest BCUT2D eigenvalue weighted by atomic mass is 127. The van der Waals surface area contributed by atoms with Crippen LogP contribution in [0.25, 0.3) is 0 Å². The molecule has 3 aromatic rings. The Morgan fingerprint density at radius 2 is 1.70 bits per heavy atom. The summed E-state index contributed by atoms with van der Waals surface area (Å²) in [5, 5.41) is 0. The average Bonchev–Trinajstić information content (AvgIpc) is 2.72. The van der Waals surface area contributed by atoms with Crippen molar-refractivity contribution in [2.75, 3.05) is 5.73 Å². The topological polar surface area (TPSA) is 102 Å². The van der Waals surface area contributed by atoms with Gasteiger partial charge in [0.05, 0.1) is 10.9 Å². The predicted octanol–water partition coefficient (Wildman–Crippen LogP) is 3.60. The van der Waals surface area contributed by atoms with E-state index in [4.69, 9.17) is 5.73 Å². The van der Waals surface area contributed by atoms with Crippen LogP contribution >= 0.6 is 22.6 Å². The number of halogens is 1. The Kier molecular flexibility index (Phi) is 7.22. The molecule has 1 aromatic heterocycles. The number of anilines is 1. The Hall–Kier alpha value is -2.30. The van der Waals surface area contributed by atoms with E-state index in [1.54, 1.807) is 37.3 Å². The van der Waals surface area contributed by atoms with Gasteiger partial charge in [0.25, 0.3) is 0 Å². The van der Waals surface area contributed by atoms with Gasteiger partial charge in [0.1, 0.15) is 5.82 Å². The Bertz CT molecular complexity index is 1130. The van der Waals surface area contributed by atoms with Crippen LogP contribution in [-0.4, -0.2) is 25.2 Å². The van der Waals surface area contributed by atoms with Gasteiger partial charge in [0.15, 0.2) is 5.78 Å². The molecule has 0 spiro atoms. The zero-order valence-corrected chi connectivity index (χ0v) is 19.4. The maximum atomic E-state index is 12.7. The molecule has 0 radical (unpaired) electrons. The minimum atomic E-state index is -3.77. The lowest BCUT2D eigenvalue weighted by Gasteiger charge is -2.14. The van der Waals surface area contributed by atoms with Crippen molar-refractivity contribution in [3.8, 4) is 0 Å². The minimum Gasteiger partial charge on any atom is -0.384 e. The van der Waals surface area contributed by atoms with Gasteiger partial charge < -0.3 is 5.73 Å². The number of nitrogens with zero attached hydrogens (tertiary/aromatic N) is 1. The second kappa shape index (κ2) is 9.67. The average molecular weight is 535 g/mol. The molecule has 0 saturated carbocycles. The van der Waals surface area contributed by atoms with E-state index < -0.39 is 16.1 Å². The third-order valence-corrected chi connectivity index (χ3v) is 6.86. The molecule has 0 aliphatic heterocycles.